The van der Waals surface area contributed by atoms with Crippen molar-refractivity contribution < 1.29 is 4.42 Å². The molecule has 0 atom stereocenters. The number of rotatable bonds is 7. The summed E-state index contributed by atoms with van der Waals surface area (Å²) in [7, 11) is -2.67. The fourth-order valence-corrected chi connectivity index (χ4v) is 15.5. The first kappa shape index (κ1) is 36.5. The van der Waals surface area contributed by atoms with Gasteiger partial charge in [-0.2, -0.15) is 0 Å². The van der Waals surface area contributed by atoms with Crippen LogP contribution >= 0.6 is 0 Å². The average Bonchev–Trinajstić information content (AvgIpc) is 4.03. The molecule has 3 heterocycles. The van der Waals surface area contributed by atoms with E-state index in [0.29, 0.717) is 0 Å². The van der Waals surface area contributed by atoms with Crippen LogP contribution in [0, 0.1) is 0 Å². The summed E-state index contributed by atoms with van der Waals surface area (Å²) < 4.78 is 11.2. The van der Waals surface area contributed by atoms with E-state index in [2.05, 4.69) is 240 Å². The second-order valence-corrected chi connectivity index (χ2v) is 20.6. The standard InChI is InChI=1S/C60H40N2OSi/c1-4-17-44(18-5-1)64(45-19-6-2-7-20-45,46-21-8-3-9-22-46)47-35-32-42(33-36-47)61-55-28-13-11-24-50(55)53-40-43(34-37-57(53)61)62-56-29-14-10-23-49(56)52-27-16-26-48(60(52)62)41-31-38-59-54(39-41)51-25-12-15-30-58(51)63-59/h1-40H. The topological polar surface area (TPSA) is 23.0 Å². The molecule has 3 aromatic heterocycles. The summed E-state index contributed by atoms with van der Waals surface area (Å²) in [5, 5.41) is 12.6. The Labute approximate surface area is 371 Å². The monoisotopic (exact) mass is 832 g/mol. The van der Waals surface area contributed by atoms with Crippen LogP contribution in [0.1, 0.15) is 0 Å². The Morgan fingerprint density at radius 1 is 0.297 bits per heavy atom. The van der Waals surface area contributed by atoms with Crippen molar-refractivity contribution in [2.24, 2.45) is 0 Å². The van der Waals surface area contributed by atoms with Crippen molar-refractivity contribution in [3.8, 4) is 22.5 Å². The molecule has 0 amide bonds. The molecule has 10 aromatic carbocycles. The Morgan fingerprint density at radius 3 is 1.47 bits per heavy atom. The van der Waals surface area contributed by atoms with Crippen LogP contribution in [0.5, 0.6) is 0 Å². The molecule has 0 N–H and O–H groups in total. The second kappa shape index (κ2) is 14.5. The zero-order valence-corrected chi connectivity index (χ0v) is 35.9. The van der Waals surface area contributed by atoms with Crippen LogP contribution in [-0.2, 0) is 0 Å². The van der Waals surface area contributed by atoms with Gasteiger partial charge < -0.3 is 13.6 Å². The molecule has 0 aliphatic carbocycles. The van der Waals surface area contributed by atoms with Crippen molar-refractivity contribution in [3.05, 3.63) is 243 Å². The number of nitrogens with zero attached hydrogens (tertiary/aromatic N) is 2. The maximum Gasteiger partial charge on any atom is 0.179 e. The Kier molecular flexibility index (Phi) is 8.23. The predicted octanol–water partition coefficient (Wildman–Crippen LogP) is 12.8. The lowest BCUT2D eigenvalue weighted by Gasteiger charge is -2.34. The van der Waals surface area contributed by atoms with Crippen LogP contribution in [0.3, 0.4) is 0 Å². The zero-order valence-electron chi connectivity index (χ0n) is 34.9. The number of hydrogen-bond donors (Lipinski definition) is 0. The molecule has 0 aliphatic rings. The van der Waals surface area contributed by atoms with E-state index < -0.39 is 8.07 Å². The maximum absolute atomic E-state index is 6.25. The first-order valence-corrected chi connectivity index (χ1v) is 24.0. The molecule has 0 fully saturated rings. The SMILES string of the molecule is c1ccc([Si](c2ccccc2)(c2ccccc2)c2ccc(-n3c4ccccc4c4cc(-n5c6ccccc6c6cccc(-c7ccc8oc9ccccc9c8c7)c65)ccc43)cc2)cc1. The molecule has 0 saturated heterocycles. The summed E-state index contributed by atoms with van der Waals surface area (Å²) in [6.45, 7) is 0. The van der Waals surface area contributed by atoms with E-state index in [1.54, 1.807) is 0 Å². The summed E-state index contributed by atoms with van der Waals surface area (Å²) in [4.78, 5) is 0. The smallest absolute Gasteiger partial charge is 0.179 e. The van der Waals surface area contributed by atoms with Gasteiger partial charge >= 0.3 is 0 Å². The first-order chi connectivity index (χ1) is 31.8. The largest absolute Gasteiger partial charge is 0.456 e. The van der Waals surface area contributed by atoms with Gasteiger partial charge in [0.15, 0.2) is 8.07 Å². The molecule has 3 nitrogen and oxygen atoms in total. The molecule has 0 bridgehead atoms. The molecule has 300 valence electrons. The summed E-state index contributed by atoms with van der Waals surface area (Å²) in [6.07, 6.45) is 0. The van der Waals surface area contributed by atoms with Gasteiger partial charge in [-0.25, -0.2) is 0 Å². The highest BCUT2D eigenvalue weighted by molar-refractivity contribution is 7.19. The molecule has 0 unspecified atom stereocenters. The van der Waals surface area contributed by atoms with Crippen molar-refractivity contribution >= 4 is 94.4 Å². The number of para-hydroxylation sites is 4. The normalized spacial score (nSPS) is 12.1. The first-order valence-electron chi connectivity index (χ1n) is 22.0. The zero-order chi connectivity index (χ0) is 42.2. The lowest BCUT2D eigenvalue weighted by molar-refractivity contribution is 0.669. The minimum atomic E-state index is -2.67. The average molecular weight is 833 g/mol. The van der Waals surface area contributed by atoms with Crippen LogP contribution in [0.25, 0.3) is 88.1 Å². The molecule has 0 radical (unpaired) electrons. The van der Waals surface area contributed by atoms with Gasteiger partial charge in [0, 0.05) is 49.3 Å². The van der Waals surface area contributed by atoms with Crippen molar-refractivity contribution in [1.82, 2.24) is 9.13 Å². The minimum absolute atomic E-state index is 0.902. The molecular weight excluding hydrogens is 793 g/mol. The third kappa shape index (κ3) is 5.39. The van der Waals surface area contributed by atoms with Crippen molar-refractivity contribution in [3.63, 3.8) is 0 Å². The van der Waals surface area contributed by atoms with Crippen molar-refractivity contribution in [2.45, 2.75) is 0 Å². The van der Waals surface area contributed by atoms with E-state index in [1.165, 1.54) is 69.9 Å². The molecule has 4 heteroatoms. The van der Waals surface area contributed by atoms with E-state index in [1.807, 2.05) is 12.1 Å². The third-order valence-electron chi connectivity index (χ3n) is 13.5. The number of fused-ring (bicyclic) bond motifs is 9. The Balaban J connectivity index is 1.000. The van der Waals surface area contributed by atoms with E-state index in [4.69, 9.17) is 4.42 Å². The van der Waals surface area contributed by atoms with Crippen molar-refractivity contribution in [2.75, 3.05) is 0 Å². The van der Waals surface area contributed by atoms with Gasteiger partial charge in [0.05, 0.1) is 22.1 Å². The molecule has 13 aromatic rings. The van der Waals surface area contributed by atoms with Crippen molar-refractivity contribution in [1.29, 1.82) is 0 Å². The van der Waals surface area contributed by atoms with Crippen LogP contribution in [-0.4, -0.2) is 17.2 Å². The van der Waals surface area contributed by atoms with Crippen LogP contribution in [0.4, 0.5) is 0 Å². The highest BCUT2D eigenvalue weighted by Gasteiger charge is 2.41. The van der Waals surface area contributed by atoms with Crippen LogP contribution in [0.15, 0.2) is 247 Å². The van der Waals surface area contributed by atoms with Gasteiger partial charge in [-0.15, -0.1) is 0 Å². The Bertz CT molecular complexity index is 3790. The molecular formula is C60H40N2OSi. The number of benzene rings is 10. The quantitative estimate of drug-likeness (QED) is 0.116. The Morgan fingerprint density at radius 2 is 0.797 bits per heavy atom. The number of furan rings is 1. The van der Waals surface area contributed by atoms with Gasteiger partial charge in [-0.3, -0.25) is 0 Å². The fraction of sp³-hybridized carbons (Fsp3) is 0. The van der Waals surface area contributed by atoms with E-state index in [9.17, 15) is 0 Å². The van der Waals surface area contributed by atoms with Crippen LogP contribution in [0.2, 0.25) is 0 Å². The molecule has 0 saturated carbocycles. The van der Waals surface area contributed by atoms with E-state index in [0.717, 1.165) is 38.9 Å². The summed E-state index contributed by atoms with van der Waals surface area (Å²) in [5.74, 6) is 0. The highest BCUT2D eigenvalue weighted by Crippen LogP contribution is 2.41. The molecule has 64 heavy (non-hydrogen) atoms. The minimum Gasteiger partial charge on any atom is -0.456 e. The molecule has 13 rings (SSSR count). The van der Waals surface area contributed by atoms with Gasteiger partial charge in [0.25, 0.3) is 0 Å². The lowest BCUT2D eigenvalue weighted by Crippen LogP contribution is -2.74. The van der Waals surface area contributed by atoms with Gasteiger partial charge in [-0.1, -0.05) is 182 Å². The van der Waals surface area contributed by atoms with Gasteiger partial charge in [0.2, 0.25) is 0 Å². The van der Waals surface area contributed by atoms with E-state index in [-0.39, 0.29) is 0 Å². The molecule has 0 aliphatic heterocycles. The third-order valence-corrected chi connectivity index (χ3v) is 18.3. The molecule has 0 spiro atoms. The summed E-state index contributed by atoms with van der Waals surface area (Å²) >= 11 is 0. The number of aromatic nitrogens is 2. The fourth-order valence-electron chi connectivity index (χ4n) is 10.7. The maximum atomic E-state index is 6.25. The second-order valence-electron chi connectivity index (χ2n) is 16.8. The summed E-state index contributed by atoms with van der Waals surface area (Å²) in [6, 6.07) is 89.2. The van der Waals surface area contributed by atoms with Gasteiger partial charge in [-0.05, 0) is 87.0 Å². The van der Waals surface area contributed by atoms with Crippen LogP contribution < -0.4 is 20.7 Å². The Hall–Kier alpha value is -8.18. The predicted molar refractivity (Wildman–Crippen MR) is 271 cm³/mol. The van der Waals surface area contributed by atoms with E-state index >= 15 is 0 Å². The number of hydrogen-bond acceptors (Lipinski definition) is 1. The lowest BCUT2D eigenvalue weighted by atomic mass is 10.00. The van der Waals surface area contributed by atoms with Gasteiger partial charge in [0.1, 0.15) is 11.2 Å². The highest BCUT2D eigenvalue weighted by atomic mass is 28.3. The summed E-state index contributed by atoms with van der Waals surface area (Å²) in [5.41, 5.74) is 11.2.